The number of anilines is 1. The Morgan fingerprint density at radius 1 is 1.24 bits per heavy atom. The van der Waals surface area contributed by atoms with Crippen molar-refractivity contribution in [1.29, 1.82) is 0 Å². The smallest absolute Gasteiger partial charge is 0.341 e. The first-order valence-corrected chi connectivity index (χ1v) is 10.3. The molecule has 2 heterocycles. The molecule has 0 bridgehead atoms. The molecule has 3 rings (SSSR count). The number of amides is 1. The maximum absolute atomic E-state index is 12.7. The molecule has 2 aromatic rings. The van der Waals surface area contributed by atoms with Gasteiger partial charge in [0.05, 0.1) is 31.1 Å². The van der Waals surface area contributed by atoms with Gasteiger partial charge in [-0.25, -0.2) is 9.48 Å². The zero-order valence-corrected chi connectivity index (χ0v) is 17.4. The van der Waals surface area contributed by atoms with Crippen molar-refractivity contribution in [2.45, 2.75) is 45.4 Å². The summed E-state index contributed by atoms with van der Waals surface area (Å²) in [6.07, 6.45) is 2.07. The van der Waals surface area contributed by atoms with Crippen LogP contribution in [-0.4, -0.2) is 51.3 Å². The van der Waals surface area contributed by atoms with Crippen LogP contribution >= 0.6 is 11.3 Å². The van der Waals surface area contributed by atoms with E-state index >= 15 is 0 Å². The molecule has 1 unspecified atom stereocenters. The van der Waals surface area contributed by atoms with E-state index in [1.54, 1.807) is 20.9 Å². The number of fused-ring (bicyclic) bond motifs is 1. The van der Waals surface area contributed by atoms with Gasteiger partial charge in [-0.15, -0.1) is 16.4 Å². The third-order valence-corrected chi connectivity index (χ3v) is 5.78. The fourth-order valence-electron chi connectivity index (χ4n) is 3.34. The molecule has 10 nitrogen and oxygen atoms in total. The van der Waals surface area contributed by atoms with Gasteiger partial charge < -0.3 is 14.8 Å². The lowest BCUT2D eigenvalue weighted by Gasteiger charge is -2.22. The molecule has 0 saturated carbocycles. The molecule has 0 radical (unpaired) electrons. The van der Waals surface area contributed by atoms with Gasteiger partial charge in [0.1, 0.15) is 5.00 Å². The number of rotatable bonds is 7. The summed E-state index contributed by atoms with van der Waals surface area (Å²) in [6, 6.07) is 0. The summed E-state index contributed by atoms with van der Waals surface area (Å²) < 4.78 is 11.8. The second-order valence-electron chi connectivity index (χ2n) is 6.50. The van der Waals surface area contributed by atoms with Crippen molar-refractivity contribution < 1.29 is 23.9 Å². The minimum absolute atomic E-state index is 0.0460. The number of esters is 2. The molecule has 0 saturated heterocycles. The van der Waals surface area contributed by atoms with Gasteiger partial charge >= 0.3 is 11.9 Å². The van der Waals surface area contributed by atoms with E-state index in [1.807, 2.05) is 0 Å². The van der Waals surface area contributed by atoms with Crippen LogP contribution in [0.25, 0.3) is 0 Å². The summed E-state index contributed by atoms with van der Waals surface area (Å²) in [7, 11) is 1.64. The lowest BCUT2D eigenvalue weighted by atomic mass is 9.85. The van der Waals surface area contributed by atoms with Gasteiger partial charge in [-0.1, -0.05) is 0 Å². The van der Waals surface area contributed by atoms with Gasteiger partial charge in [-0.2, -0.15) is 0 Å². The molecule has 1 amide bonds. The Bertz CT molecular complexity index is 922. The summed E-state index contributed by atoms with van der Waals surface area (Å²) in [6.45, 7) is 3.90. The lowest BCUT2D eigenvalue weighted by Crippen LogP contribution is -2.23. The molecule has 156 valence electrons. The van der Waals surface area contributed by atoms with Crippen LogP contribution in [-0.2, 0) is 39.0 Å². The minimum atomic E-state index is -0.558. The van der Waals surface area contributed by atoms with Crippen LogP contribution in [0.4, 0.5) is 5.00 Å². The average molecular weight is 421 g/mol. The van der Waals surface area contributed by atoms with Crippen molar-refractivity contribution in [3.63, 3.8) is 0 Å². The molecule has 0 aromatic carbocycles. The largest absolute Gasteiger partial charge is 0.466 e. The van der Waals surface area contributed by atoms with E-state index < -0.39 is 11.9 Å². The van der Waals surface area contributed by atoms with Crippen LogP contribution in [0.1, 0.15) is 59.2 Å². The maximum Gasteiger partial charge on any atom is 0.341 e. The van der Waals surface area contributed by atoms with E-state index in [-0.39, 0.29) is 37.1 Å². The van der Waals surface area contributed by atoms with Gasteiger partial charge in [0, 0.05) is 11.9 Å². The molecule has 11 heteroatoms. The molecular formula is C18H23N5O5S. The van der Waals surface area contributed by atoms with E-state index in [0.717, 1.165) is 17.7 Å². The number of nitrogens with one attached hydrogen (secondary N) is 1. The number of ether oxygens (including phenoxy) is 2. The van der Waals surface area contributed by atoms with E-state index in [9.17, 15) is 14.4 Å². The standard InChI is InChI=1S/C18H23N5O5S/c1-4-27-17(25)10-7-6-8-11-14(10)15(18(26)28-5-2)16(29-11)19-13(24)9-12-20-21-22-23(12)3/h10H,4-9H2,1-3H3,(H,19,24). The predicted molar refractivity (Wildman–Crippen MR) is 104 cm³/mol. The predicted octanol–water partition coefficient (Wildman–Crippen LogP) is 1.61. The maximum atomic E-state index is 12.7. The second kappa shape index (κ2) is 9.12. The van der Waals surface area contributed by atoms with Crippen LogP contribution in [0.2, 0.25) is 0 Å². The Labute approximate surface area is 171 Å². The monoisotopic (exact) mass is 421 g/mol. The highest BCUT2D eigenvalue weighted by atomic mass is 32.1. The van der Waals surface area contributed by atoms with Gasteiger partial charge in [0.15, 0.2) is 5.82 Å². The van der Waals surface area contributed by atoms with Gasteiger partial charge in [-0.05, 0) is 49.1 Å². The van der Waals surface area contributed by atoms with Crippen molar-refractivity contribution in [2.24, 2.45) is 7.05 Å². The fraction of sp³-hybridized carbons (Fsp3) is 0.556. The van der Waals surface area contributed by atoms with E-state index in [2.05, 4.69) is 20.8 Å². The molecule has 0 spiro atoms. The number of hydrogen-bond acceptors (Lipinski definition) is 9. The molecule has 1 N–H and O–H groups in total. The molecule has 1 aliphatic rings. The highest BCUT2D eigenvalue weighted by molar-refractivity contribution is 7.17. The lowest BCUT2D eigenvalue weighted by molar-refractivity contribution is -0.145. The molecular weight excluding hydrogens is 398 g/mol. The quantitative estimate of drug-likeness (QED) is 0.669. The number of aryl methyl sites for hydroxylation is 2. The molecule has 2 aromatic heterocycles. The van der Waals surface area contributed by atoms with Crippen molar-refractivity contribution in [2.75, 3.05) is 18.5 Å². The third kappa shape index (κ3) is 4.44. The van der Waals surface area contributed by atoms with Gasteiger partial charge in [0.2, 0.25) is 5.91 Å². The SMILES string of the molecule is CCOC(=O)c1c(NC(=O)Cc2nnnn2C)sc2c1C(C(=O)OCC)CCC2. The van der Waals surface area contributed by atoms with E-state index in [4.69, 9.17) is 9.47 Å². The Hall–Kier alpha value is -2.82. The molecule has 0 fully saturated rings. The van der Waals surface area contributed by atoms with Crippen molar-refractivity contribution >= 4 is 34.2 Å². The number of aromatic nitrogens is 4. The highest BCUT2D eigenvalue weighted by Crippen LogP contribution is 2.44. The average Bonchev–Trinajstić information content (AvgIpc) is 3.24. The van der Waals surface area contributed by atoms with Crippen LogP contribution in [0, 0.1) is 0 Å². The van der Waals surface area contributed by atoms with Gasteiger partial charge in [-0.3, -0.25) is 9.59 Å². The molecule has 29 heavy (non-hydrogen) atoms. The zero-order valence-electron chi connectivity index (χ0n) is 16.6. The summed E-state index contributed by atoms with van der Waals surface area (Å²) in [4.78, 5) is 38.6. The molecule has 1 atom stereocenters. The number of nitrogens with zero attached hydrogens (tertiary/aromatic N) is 4. The fourth-order valence-corrected chi connectivity index (χ4v) is 4.65. The summed E-state index contributed by atoms with van der Waals surface area (Å²) >= 11 is 1.30. The van der Waals surface area contributed by atoms with E-state index in [1.165, 1.54) is 16.0 Å². The Balaban J connectivity index is 1.94. The second-order valence-corrected chi connectivity index (χ2v) is 7.61. The normalized spacial score (nSPS) is 15.5. The minimum Gasteiger partial charge on any atom is -0.466 e. The van der Waals surface area contributed by atoms with Crippen molar-refractivity contribution in [1.82, 2.24) is 20.2 Å². The van der Waals surface area contributed by atoms with Crippen molar-refractivity contribution in [3.05, 3.63) is 21.8 Å². The topological polar surface area (TPSA) is 125 Å². The number of hydrogen-bond donors (Lipinski definition) is 1. The number of carbonyl (C=O) groups is 3. The molecule has 1 aliphatic carbocycles. The number of tetrazole rings is 1. The van der Waals surface area contributed by atoms with Crippen LogP contribution in [0.5, 0.6) is 0 Å². The summed E-state index contributed by atoms with van der Waals surface area (Å²) in [5.41, 5.74) is 0.864. The molecule has 0 aliphatic heterocycles. The number of carbonyl (C=O) groups excluding carboxylic acids is 3. The van der Waals surface area contributed by atoms with Crippen LogP contribution in [0.15, 0.2) is 0 Å². The Morgan fingerprint density at radius 2 is 2.00 bits per heavy atom. The highest BCUT2D eigenvalue weighted by Gasteiger charge is 2.36. The van der Waals surface area contributed by atoms with Crippen LogP contribution < -0.4 is 5.32 Å². The zero-order chi connectivity index (χ0) is 21.0. The summed E-state index contributed by atoms with van der Waals surface area (Å²) in [5.74, 6) is -1.43. The first kappa shape index (κ1) is 20.9. The summed E-state index contributed by atoms with van der Waals surface area (Å²) in [5, 5.41) is 14.2. The van der Waals surface area contributed by atoms with Crippen molar-refractivity contribution in [3.8, 4) is 0 Å². The Morgan fingerprint density at radius 3 is 2.66 bits per heavy atom. The Kier molecular flexibility index (Phi) is 6.57. The third-order valence-electron chi connectivity index (χ3n) is 4.60. The number of thiophene rings is 1. The van der Waals surface area contributed by atoms with E-state index in [0.29, 0.717) is 22.8 Å². The first-order chi connectivity index (χ1) is 14.0. The first-order valence-electron chi connectivity index (χ1n) is 9.46. The van der Waals surface area contributed by atoms with Gasteiger partial charge in [0.25, 0.3) is 0 Å². The van der Waals surface area contributed by atoms with Crippen LogP contribution in [0.3, 0.4) is 0 Å².